The van der Waals surface area contributed by atoms with Crippen molar-refractivity contribution in [2.24, 2.45) is 0 Å². The summed E-state index contributed by atoms with van der Waals surface area (Å²) >= 11 is 0. The van der Waals surface area contributed by atoms with Gasteiger partial charge < -0.3 is 0 Å². The van der Waals surface area contributed by atoms with Crippen molar-refractivity contribution in [3.63, 3.8) is 0 Å². The molecule has 0 unspecified atom stereocenters. The normalized spacial score (nSPS) is 12.9. The third-order valence-corrected chi connectivity index (χ3v) is 15.0. The zero-order valence-corrected chi connectivity index (χ0v) is 32.2. The van der Waals surface area contributed by atoms with Crippen molar-refractivity contribution in [3.8, 4) is 0 Å². The molecule has 0 aliphatic rings. The molecular weight excluding hydrogens is 655 g/mol. The standard InChI is InChI=1S/C35H51N3O6S3/c1-24-18-27(4)33(28(5)19-24)45(39,40)36(10)14-12-16-38(47(43,44)35-31(8)22-26(3)23-32(35)9)17-13-15-37(11)46(41,42)34-29(6)20-25(2)21-30(34)7/h18-23H,12-17H2,1-11H3. The minimum Gasteiger partial charge on any atom is -0.207 e. The van der Waals surface area contributed by atoms with Crippen LogP contribution in [0.4, 0.5) is 0 Å². The second-order valence-corrected chi connectivity index (χ2v) is 18.8. The van der Waals surface area contributed by atoms with Crippen LogP contribution in [0.1, 0.15) is 62.9 Å². The molecule has 12 heteroatoms. The number of rotatable bonds is 14. The van der Waals surface area contributed by atoms with Crippen LogP contribution in [-0.4, -0.2) is 78.4 Å². The molecule has 0 spiro atoms. The van der Waals surface area contributed by atoms with Gasteiger partial charge in [-0.2, -0.15) is 4.31 Å². The second-order valence-electron chi connectivity index (χ2n) is 12.9. The highest BCUT2D eigenvalue weighted by Gasteiger charge is 2.30. The molecule has 0 saturated carbocycles. The molecule has 0 heterocycles. The molecule has 0 saturated heterocycles. The fourth-order valence-corrected chi connectivity index (χ4v) is 11.8. The van der Waals surface area contributed by atoms with Crippen LogP contribution in [0.15, 0.2) is 51.1 Å². The summed E-state index contributed by atoms with van der Waals surface area (Å²) in [6, 6.07) is 11.0. The quantitative estimate of drug-likeness (QED) is 0.207. The summed E-state index contributed by atoms with van der Waals surface area (Å²) in [6.45, 7) is 16.7. The van der Waals surface area contributed by atoms with Crippen LogP contribution in [-0.2, 0) is 30.1 Å². The molecule has 0 radical (unpaired) electrons. The van der Waals surface area contributed by atoms with E-state index >= 15 is 0 Å². The first-order valence-corrected chi connectivity index (χ1v) is 20.1. The highest BCUT2D eigenvalue weighted by molar-refractivity contribution is 7.89. The van der Waals surface area contributed by atoms with Crippen molar-refractivity contribution in [3.05, 3.63) is 86.5 Å². The lowest BCUT2D eigenvalue weighted by atomic mass is 10.1. The maximum Gasteiger partial charge on any atom is 0.243 e. The first-order chi connectivity index (χ1) is 21.6. The Hall–Kier alpha value is -2.61. The van der Waals surface area contributed by atoms with Crippen LogP contribution < -0.4 is 0 Å². The van der Waals surface area contributed by atoms with Crippen LogP contribution in [0.3, 0.4) is 0 Å². The highest BCUT2D eigenvalue weighted by Crippen LogP contribution is 2.28. The van der Waals surface area contributed by atoms with Crippen LogP contribution >= 0.6 is 0 Å². The van der Waals surface area contributed by atoms with E-state index in [2.05, 4.69) is 0 Å². The van der Waals surface area contributed by atoms with Gasteiger partial charge in [-0.05, 0) is 109 Å². The van der Waals surface area contributed by atoms with Crippen molar-refractivity contribution in [2.45, 2.75) is 89.8 Å². The molecule has 0 atom stereocenters. The van der Waals surface area contributed by atoms with Gasteiger partial charge in [0.15, 0.2) is 0 Å². The minimum atomic E-state index is -3.99. The molecule has 0 bridgehead atoms. The molecule has 0 aliphatic heterocycles. The molecule has 0 fully saturated rings. The van der Waals surface area contributed by atoms with Crippen LogP contribution in [0.2, 0.25) is 0 Å². The van der Waals surface area contributed by atoms with Crippen molar-refractivity contribution in [1.82, 2.24) is 12.9 Å². The van der Waals surface area contributed by atoms with E-state index in [1.807, 2.05) is 57.2 Å². The van der Waals surface area contributed by atoms with E-state index in [1.54, 1.807) is 41.5 Å². The monoisotopic (exact) mass is 705 g/mol. The highest BCUT2D eigenvalue weighted by atomic mass is 32.2. The van der Waals surface area contributed by atoms with E-state index < -0.39 is 30.1 Å². The Morgan fingerprint density at radius 3 is 0.894 bits per heavy atom. The van der Waals surface area contributed by atoms with Crippen LogP contribution in [0, 0.1) is 62.3 Å². The lowest BCUT2D eigenvalue weighted by Crippen LogP contribution is -2.38. The van der Waals surface area contributed by atoms with E-state index in [0.29, 0.717) is 33.4 Å². The molecule has 0 aromatic heterocycles. The summed E-state index contributed by atoms with van der Waals surface area (Å²) in [5.74, 6) is 0. The third kappa shape index (κ3) is 8.52. The predicted molar refractivity (Wildman–Crippen MR) is 190 cm³/mol. The smallest absolute Gasteiger partial charge is 0.207 e. The van der Waals surface area contributed by atoms with E-state index in [1.165, 1.54) is 27.0 Å². The Morgan fingerprint density at radius 2 is 0.638 bits per heavy atom. The molecule has 0 aliphatic carbocycles. The Balaban J connectivity index is 1.86. The van der Waals surface area contributed by atoms with Gasteiger partial charge in [0, 0.05) is 40.3 Å². The Morgan fingerprint density at radius 1 is 0.404 bits per heavy atom. The van der Waals surface area contributed by atoms with Gasteiger partial charge in [-0.3, -0.25) is 0 Å². The van der Waals surface area contributed by atoms with E-state index in [-0.39, 0.29) is 53.7 Å². The Labute approximate surface area is 283 Å². The number of nitrogens with zero attached hydrogens (tertiary/aromatic N) is 3. The first-order valence-electron chi connectivity index (χ1n) is 15.8. The summed E-state index contributed by atoms with van der Waals surface area (Å²) in [6.07, 6.45) is 0.498. The number of sulfonamides is 3. The fourth-order valence-electron chi connectivity index (χ4n) is 6.69. The molecule has 9 nitrogen and oxygen atoms in total. The third-order valence-electron chi connectivity index (χ3n) is 8.51. The maximum atomic E-state index is 14.2. The van der Waals surface area contributed by atoms with Crippen molar-refractivity contribution < 1.29 is 25.3 Å². The molecule has 3 rings (SSSR count). The van der Waals surface area contributed by atoms with E-state index in [9.17, 15) is 25.3 Å². The van der Waals surface area contributed by atoms with E-state index in [0.717, 1.165) is 16.7 Å². The van der Waals surface area contributed by atoms with Gasteiger partial charge in [-0.25, -0.2) is 33.9 Å². The minimum absolute atomic E-state index is 0.0630. The lowest BCUT2D eigenvalue weighted by molar-refractivity contribution is 0.360. The van der Waals surface area contributed by atoms with Crippen molar-refractivity contribution in [1.29, 1.82) is 0 Å². The van der Waals surface area contributed by atoms with Gasteiger partial charge in [-0.1, -0.05) is 53.1 Å². The second kappa shape index (κ2) is 14.9. The molecule has 3 aromatic carbocycles. The summed E-state index contributed by atoms with van der Waals surface area (Å²) in [7, 11) is -8.59. The lowest BCUT2D eigenvalue weighted by Gasteiger charge is -2.27. The molecule has 3 aromatic rings. The van der Waals surface area contributed by atoms with Crippen LogP contribution in [0.25, 0.3) is 0 Å². The Kier molecular flexibility index (Phi) is 12.3. The molecule has 47 heavy (non-hydrogen) atoms. The predicted octanol–water partition coefficient (Wildman–Crippen LogP) is 5.87. The largest absolute Gasteiger partial charge is 0.243 e. The molecular formula is C35H51N3O6S3. The maximum absolute atomic E-state index is 14.2. The average molecular weight is 706 g/mol. The molecule has 0 N–H and O–H groups in total. The zero-order chi connectivity index (χ0) is 35.6. The van der Waals surface area contributed by atoms with Gasteiger partial charge in [0.1, 0.15) is 0 Å². The molecule has 260 valence electrons. The van der Waals surface area contributed by atoms with Crippen molar-refractivity contribution >= 4 is 30.1 Å². The number of hydrogen-bond donors (Lipinski definition) is 0. The number of hydrogen-bond acceptors (Lipinski definition) is 6. The summed E-state index contributed by atoms with van der Waals surface area (Å²) in [4.78, 5) is 0.760. The zero-order valence-electron chi connectivity index (χ0n) is 29.7. The molecule has 0 amide bonds. The summed E-state index contributed by atoms with van der Waals surface area (Å²) in [5, 5.41) is 0. The van der Waals surface area contributed by atoms with Gasteiger partial charge in [0.2, 0.25) is 30.1 Å². The van der Waals surface area contributed by atoms with Crippen molar-refractivity contribution in [2.75, 3.05) is 40.3 Å². The SMILES string of the molecule is Cc1cc(C)c(S(=O)(=O)N(C)CCCN(CCCN(C)S(=O)(=O)c2c(C)cc(C)cc2C)S(=O)(=O)c2c(C)cc(C)cc2C)c(C)c1. The Bertz CT molecular complexity index is 1800. The summed E-state index contributed by atoms with van der Waals surface area (Å²) in [5.41, 5.74) is 6.83. The summed E-state index contributed by atoms with van der Waals surface area (Å²) < 4.78 is 86.5. The van der Waals surface area contributed by atoms with Crippen LogP contribution in [0.5, 0.6) is 0 Å². The van der Waals surface area contributed by atoms with E-state index in [4.69, 9.17) is 0 Å². The topological polar surface area (TPSA) is 112 Å². The van der Waals surface area contributed by atoms with Gasteiger partial charge in [0.05, 0.1) is 14.7 Å². The van der Waals surface area contributed by atoms with Gasteiger partial charge in [0.25, 0.3) is 0 Å². The number of benzene rings is 3. The van der Waals surface area contributed by atoms with Gasteiger partial charge in [-0.15, -0.1) is 0 Å². The first kappa shape index (κ1) is 38.8. The fraction of sp³-hybridized carbons (Fsp3) is 0.486. The number of aryl methyl sites for hydroxylation is 9. The average Bonchev–Trinajstić information content (AvgIpc) is 2.89. The van der Waals surface area contributed by atoms with Gasteiger partial charge >= 0.3 is 0 Å².